The first-order valence-electron chi connectivity index (χ1n) is 7.09. The number of nitrogens with zero attached hydrogens (tertiary/aromatic N) is 1. The largest absolute Gasteiger partial charge is 0.494 e. The summed E-state index contributed by atoms with van der Waals surface area (Å²) in [5, 5.41) is 0. The monoisotopic (exact) mass is 282 g/mol. The molecule has 108 valence electrons. The highest BCUT2D eigenvalue weighted by Crippen LogP contribution is 2.26. The van der Waals surface area contributed by atoms with Gasteiger partial charge in [-0.25, -0.2) is 4.98 Å². The predicted molar refractivity (Wildman–Crippen MR) is 82.3 cm³/mol. The molecule has 3 aromatic rings. The standard InChI is InChI=1S/C17H18N2O2/c1-2-20-15-9-5-3-7-12(15)13(18)11-17-19-14-8-4-6-10-16(14)21-17/h3-10,13H,2,11,18H2,1H3. The third-order valence-electron chi connectivity index (χ3n) is 3.35. The van der Waals surface area contributed by atoms with E-state index >= 15 is 0 Å². The number of ether oxygens (including phenoxy) is 1. The fourth-order valence-corrected chi connectivity index (χ4v) is 2.38. The van der Waals surface area contributed by atoms with Gasteiger partial charge >= 0.3 is 0 Å². The molecule has 0 radical (unpaired) electrons. The van der Waals surface area contributed by atoms with Gasteiger partial charge in [-0.05, 0) is 25.1 Å². The van der Waals surface area contributed by atoms with Crippen LogP contribution in [-0.2, 0) is 6.42 Å². The highest BCUT2D eigenvalue weighted by atomic mass is 16.5. The van der Waals surface area contributed by atoms with Crippen LogP contribution in [0.5, 0.6) is 5.75 Å². The maximum Gasteiger partial charge on any atom is 0.197 e. The molecule has 0 aliphatic rings. The highest BCUT2D eigenvalue weighted by molar-refractivity contribution is 5.72. The van der Waals surface area contributed by atoms with Crippen molar-refractivity contribution in [3.63, 3.8) is 0 Å². The molecule has 0 amide bonds. The minimum Gasteiger partial charge on any atom is -0.494 e. The van der Waals surface area contributed by atoms with Crippen molar-refractivity contribution in [2.45, 2.75) is 19.4 Å². The molecule has 2 N–H and O–H groups in total. The smallest absolute Gasteiger partial charge is 0.197 e. The van der Waals surface area contributed by atoms with Gasteiger partial charge in [0.15, 0.2) is 11.5 Å². The second-order valence-electron chi connectivity index (χ2n) is 4.86. The maximum absolute atomic E-state index is 6.30. The van der Waals surface area contributed by atoms with E-state index in [4.69, 9.17) is 14.9 Å². The van der Waals surface area contributed by atoms with Gasteiger partial charge in [-0.15, -0.1) is 0 Å². The van der Waals surface area contributed by atoms with Gasteiger partial charge in [-0.3, -0.25) is 0 Å². The van der Waals surface area contributed by atoms with E-state index in [1.54, 1.807) is 0 Å². The quantitative estimate of drug-likeness (QED) is 0.778. The molecule has 4 heteroatoms. The lowest BCUT2D eigenvalue weighted by atomic mass is 10.0. The first kappa shape index (κ1) is 13.6. The zero-order valence-corrected chi connectivity index (χ0v) is 12.0. The van der Waals surface area contributed by atoms with E-state index in [1.165, 1.54) is 0 Å². The second-order valence-corrected chi connectivity index (χ2v) is 4.86. The topological polar surface area (TPSA) is 61.3 Å². The third-order valence-corrected chi connectivity index (χ3v) is 3.35. The molecule has 0 spiro atoms. The molecule has 1 atom stereocenters. The Balaban J connectivity index is 1.84. The molecular weight excluding hydrogens is 264 g/mol. The molecular formula is C17H18N2O2. The Morgan fingerprint density at radius 3 is 2.71 bits per heavy atom. The number of para-hydroxylation sites is 3. The Morgan fingerprint density at radius 1 is 1.14 bits per heavy atom. The summed E-state index contributed by atoms with van der Waals surface area (Å²) in [6.07, 6.45) is 0.540. The van der Waals surface area contributed by atoms with Crippen molar-refractivity contribution in [3.05, 3.63) is 60.0 Å². The third kappa shape index (κ3) is 2.90. The Kier molecular flexibility index (Phi) is 3.88. The number of nitrogens with two attached hydrogens (primary N) is 1. The van der Waals surface area contributed by atoms with Crippen molar-refractivity contribution in [1.29, 1.82) is 0 Å². The summed E-state index contributed by atoms with van der Waals surface area (Å²) in [5.74, 6) is 1.47. The van der Waals surface area contributed by atoms with Gasteiger partial charge in [0.1, 0.15) is 11.3 Å². The number of fused-ring (bicyclic) bond motifs is 1. The molecule has 1 unspecified atom stereocenters. The number of benzene rings is 2. The van der Waals surface area contributed by atoms with Crippen molar-refractivity contribution in [2.75, 3.05) is 6.61 Å². The van der Waals surface area contributed by atoms with Crippen LogP contribution in [0.4, 0.5) is 0 Å². The van der Waals surface area contributed by atoms with Crippen molar-refractivity contribution in [1.82, 2.24) is 4.98 Å². The van der Waals surface area contributed by atoms with Crippen molar-refractivity contribution in [3.8, 4) is 5.75 Å². The molecule has 1 heterocycles. The van der Waals surface area contributed by atoms with E-state index in [9.17, 15) is 0 Å². The van der Waals surface area contributed by atoms with Gasteiger partial charge in [0, 0.05) is 18.0 Å². The second kappa shape index (κ2) is 5.97. The molecule has 1 aromatic heterocycles. The lowest BCUT2D eigenvalue weighted by Gasteiger charge is -2.15. The summed E-state index contributed by atoms with van der Waals surface area (Å²) < 4.78 is 11.4. The predicted octanol–water partition coefficient (Wildman–Crippen LogP) is 3.47. The molecule has 21 heavy (non-hydrogen) atoms. The Morgan fingerprint density at radius 2 is 1.90 bits per heavy atom. The van der Waals surface area contributed by atoms with Crippen molar-refractivity contribution >= 4 is 11.1 Å². The van der Waals surface area contributed by atoms with Crippen LogP contribution in [0.25, 0.3) is 11.1 Å². The van der Waals surface area contributed by atoms with E-state index in [-0.39, 0.29) is 6.04 Å². The van der Waals surface area contributed by atoms with Crippen LogP contribution in [0.2, 0.25) is 0 Å². The average Bonchev–Trinajstić information content (AvgIpc) is 2.90. The number of oxazole rings is 1. The minimum atomic E-state index is -0.208. The molecule has 0 aliphatic carbocycles. The molecule has 0 saturated carbocycles. The van der Waals surface area contributed by atoms with E-state index in [1.807, 2.05) is 55.5 Å². The van der Waals surface area contributed by atoms with Crippen LogP contribution in [0.3, 0.4) is 0 Å². The zero-order chi connectivity index (χ0) is 14.7. The molecule has 2 aromatic carbocycles. The summed E-state index contributed by atoms with van der Waals surface area (Å²) in [5.41, 5.74) is 8.92. The first-order chi connectivity index (χ1) is 10.3. The van der Waals surface area contributed by atoms with E-state index in [0.717, 1.165) is 22.4 Å². The average molecular weight is 282 g/mol. The van der Waals surface area contributed by atoms with Gasteiger partial charge in [-0.1, -0.05) is 30.3 Å². The van der Waals surface area contributed by atoms with Crippen LogP contribution in [0.15, 0.2) is 52.9 Å². The lowest BCUT2D eigenvalue weighted by molar-refractivity contribution is 0.333. The number of aromatic nitrogens is 1. The van der Waals surface area contributed by atoms with E-state index in [2.05, 4.69) is 4.98 Å². The van der Waals surface area contributed by atoms with E-state index < -0.39 is 0 Å². The Hall–Kier alpha value is -2.33. The molecule has 0 bridgehead atoms. The summed E-state index contributed by atoms with van der Waals surface area (Å²) >= 11 is 0. The Bertz CT molecular complexity index is 703. The number of hydrogen-bond acceptors (Lipinski definition) is 4. The van der Waals surface area contributed by atoms with Crippen LogP contribution >= 0.6 is 0 Å². The maximum atomic E-state index is 6.30. The Labute approximate surface area is 123 Å². The summed E-state index contributed by atoms with van der Waals surface area (Å²) in [6.45, 7) is 2.58. The molecule has 3 rings (SSSR count). The first-order valence-corrected chi connectivity index (χ1v) is 7.09. The summed E-state index contributed by atoms with van der Waals surface area (Å²) in [6, 6.07) is 15.3. The van der Waals surface area contributed by atoms with Crippen molar-refractivity contribution in [2.24, 2.45) is 5.73 Å². The lowest BCUT2D eigenvalue weighted by Crippen LogP contribution is -2.15. The SMILES string of the molecule is CCOc1ccccc1C(N)Cc1nc2ccccc2o1. The van der Waals surface area contributed by atoms with Gasteiger partial charge in [0.25, 0.3) is 0 Å². The zero-order valence-electron chi connectivity index (χ0n) is 12.0. The van der Waals surface area contributed by atoms with Gasteiger partial charge < -0.3 is 14.9 Å². The molecule has 0 saturated heterocycles. The van der Waals surface area contributed by atoms with Crippen LogP contribution < -0.4 is 10.5 Å². The number of rotatable bonds is 5. The molecule has 0 aliphatic heterocycles. The highest BCUT2D eigenvalue weighted by Gasteiger charge is 2.15. The fraction of sp³-hybridized carbons (Fsp3) is 0.235. The normalized spacial score (nSPS) is 12.5. The van der Waals surface area contributed by atoms with Gasteiger partial charge in [0.05, 0.1) is 6.61 Å². The van der Waals surface area contributed by atoms with Crippen LogP contribution in [-0.4, -0.2) is 11.6 Å². The number of hydrogen-bond donors (Lipinski definition) is 1. The molecule has 0 fully saturated rings. The fourth-order valence-electron chi connectivity index (χ4n) is 2.38. The summed E-state index contributed by atoms with van der Waals surface area (Å²) in [7, 11) is 0. The van der Waals surface area contributed by atoms with E-state index in [0.29, 0.717) is 18.9 Å². The van der Waals surface area contributed by atoms with Gasteiger partial charge in [0.2, 0.25) is 0 Å². The summed E-state index contributed by atoms with van der Waals surface area (Å²) in [4.78, 5) is 4.47. The van der Waals surface area contributed by atoms with Crippen LogP contribution in [0.1, 0.15) is 24.4 Å². The van der Waals surface area contributed by atoms with Crippen LogP contribution in [0, 0.1) is 0 Å². The van der Waals surface area contributed by atoms with Crippen molar-refractivity contribution < 1.29 is 9.15 Å². The minimum absolute atomic E-state index is 0.208. The molecule has 4 nitrogen and oxygen atoms in total. The van der Waals surface area contributed by atoms with Gasteiger partial charge in [-0.2, -0.15) is 0 Å².